The molecular formula is C18H15ClF3N5O. The molecule has 0 bridgehead atoms. The number of pyridine rings is 1. The van der Waals surface area contributed by atoms with Crippen LogP contribution in [0.1, 0.15) is 5.56 Å². The molecule has 0 saturated carbocycles. The second kappa shape index (κ2) is 7.31. The van der Waals surface area contributed by atoms with Crippen molar-refractivity contribution >= 4 is 23.1 Å². The smallest absolute Gasteiger partial charge is 0.420 e. The van der Waals surface area contributed by atoms with Crippen LogP contribution < -0.4 is 9.80 Å². The molecule has 4 heterocycles. The fourth-order valence-corrected chi connectivity index (χ4v) is 3.39. The lowest BCUT2D eigenvalue weighted by molar-refractivity contribution is -0.137. The summed E-state index contributed by atoms with van der Waals surface area (Å²) in [5, 5.41) is 8.32. The molecule has 0 aliphatic carbocycles. The predicted molar refractivity (Wildman–Crippen MR) is 98.4 cm³/mol. The lowest BCUT2D eigenvalue weighted by Gasteiger charge is -2.37. The number of aromatic nitrogens is 3. The van der Waals surface area contributed by atoms with Crippen LogP contribution in [0.15, 0.2) is 47.3 Å². The third-order valence-electron chi connectivity index (χ3n) is 4.52. The monoisotopic (exact) mass is 409 g/mol. The summed E-state index contributed by atoms with van der Waals surface area (Å²) in [5.74, 6) is 0.0602. The van der Waals surface area contributed by atoms with Crippen LogP contribution in [0, 0.1) is 0 Å². The van der Waals surface area contributed by atoms with E-state index >= 15 is 0 Å². The summed E-state index contributed by atoms with van der Waals surface area (Å²) in [6.45, 7) is 1.72. The average Bonchev–Trinajstić information content (AvgIpc) is 3.22. The molecule has 0 unspecified atom stereocenters. The van der Waals surface area contributed by atoms with Gasteiger partial charge in [0.1, 0.15) is 11.3 Å². The fraction of sp³-hybridized carbons (Fsp3) is 0.278. The van der Waals surface area contributed by atoms with Gasteiger partial charge in [-0.15, -0.1) is 10.2 Å². The highest BCUT2D eigenvalue weighted by atomic mass is 35.5. The molecule has 1 aliphatic heterocycles. The number of furan rings is 1. The van der Waals surface area contributed by atoms with Gasteiger partial charge in [0.2, 0.25) is 0 Å². The van der Waals surface area contributed by atoms with Crippen LogP contribution >= 0.6 is 11.6 Å². The second-order valence-corrected chi connectivity index (χ2v) is 6.65. The normalized spacial score (nSPS) is 15.1. The Labute approximate surface area is 163 Å². The first-order valence-electron chi connectivity index (χ1n) is 8.51. The van der Waals surface area contributed by atoms with Gasteiger partial charge in [-0.1, -0.05) is 11.6 Å². The largest absolute Gasteiger partial charge is 0.463 e. The summed E-state index contributed by atoms with van der Waals surface area (Å²) in [6.07, 6.45) is -0.00215. The maximum Gasteiger partial charge on any atom is 0.420 e. The molecule has 6 nitrogen and oxygen atoms in total. The Morgan fingerprint density at radius 2 is 1.79 bits per heavy atom. The minimum atomic E-state index is -4.56. The number of anilines is 2. The molecule has 1 fully saturated rings. The van der Waals surface area contributed by atoms with Gasteiger partial charge in [0, 0.05) is 38.6 Å². The number of hydrogen-bond donors (Lipinski definition) is 0. The van der Waals surface area contributed by atoms with Crippen LogP contribution in [-0.2, 0) is 6.18 Å². The zero-order chi connectivity index (χ0) is 19.7. The van der Waals surface area contributed by atoms with Crippen molar-refractivity contribution in [2.45, 2.75) is 6.18 Å². The van der Waals surface area contributed by atoms with E-state index in [1.54, 1.807) is 35.5 Å². The molecule has 3 aromatic heterocycles. The van der Waals surface area contributed by atoms with Gasteiger partial charge in [-0.3, -0.25) is 4.98 Å². The minimum absolute atomic E-state index is 0.0447. The van der Waals surface area contributed by atoms with Gasteiger partial charge >= 0.3 is 6.18 Å². The Morgan fingerprint density at radius 1 is 1.04 bits per heavy atom. The molecular weight excluding hydrogens is 395 g/mol. The Kier molecular flexibility index (Phi) is 4.84. The number of piperazine rings is 1. The lowest BCUT2D eigenvalue weighted by Crippen LogP contribution is -2.47. The van der Waals surface area contributed by atoms with Crippen LogP contribution in [0.2, 0.25) is 5.02 Å². The van der Waals surface area contributed by atoms with Crippen molar-refractivity contribution in [3.63, 3.8) is 0 Å². The first-order valence-corrected chi connectivity index (χ1v) is 8.89. The second-order valence-electron chi connectivity index (χ2n) is 6.24. The predicted octanol–water partition coefficient (Wildman–Crippen LogP) is 4.13. The molecule has 0 N–H and O–H groups in total. The summed E-state index contributed by atoms with van der Waals surface area (Å²) in [5.41, 5.74) is 0.0270. The number of rotatable bonds is 3. The molecule has 4 rings (SSSR count). The molecule has 0 spiro atoms. The topological polar surface area (TPSA) is 58.3 Å². The van der Waals surface area contributed by atoms with Crippen LogP contribution in [-0.4, -0.2) is 41.4 Å². The zero-order valence-electron chi connectivity index (χ0n) is 14.5. The van der Waals surface area contributed by atoms with E-state index in [9.17, 15) is 13.2 Å². The van der Waals surface area contributed by atoms with Crippen molar-refractivity contribution in [1.82, 2.24) is 15.2 Å². The van der Waals surface area contributed by atoms with Gasteiger partial charge in [0.15, 0.2) is 11.6 Å². The SMILES string of the molecule is FC(F)(F)c1cc(-c2ccco2)nnc1N1CCN(c2ccncc2Cl)CC1. The summed E-state index contributed by atoms with van der Waals surface area (Å²) in [7, 11) is 0. The third kappa shape index (κ3) is 3.62. The highest BCUT2D eigenvalue weighted by Gasteiger charge is 2.38. The number of nitrogens with zero attached hydrogens (tertiary/aromatic N) is 5. The number of halogens is 4. The molecule has 146 valence electrons. The first-order chi connectivity index (χ1) is 13.4. The van der Waals surface area contributed by atoms with Crippen molar-refractivity contribution in [3.05, 3.63) is 53.5 Å². The Balaban J connectivity index is 1.59. The summed E-state index contributed by atoms with van der Waals surface area (Å²) in [4.78, 5) is 7.55. The maximum atomic E-state index is 13.7. The fourth-order valence-electron chi connectivity index (χ4n) is 3.16. The van der Waals surface area contributed by atoms with E-state index < -0.39 is 11.7 Å². The molecule has 0 aromatic carbocycles. The van der Waals surface area contributed by atoms with Crippen molar-refractivity contribution in [1.29, 1.82) is 0 Å². The quantitative estimate of drug-likeness (QED) is 0.648. The number of alkyl halides is 3. The highest BCUT2D eigenvalue weighted by molar-refractivity contribution is 6.33. The molecule has 0 atom stereocenters. The lowest BCUT2D eigenvalue weighted by atomic mass is 10.1. The van der Waals surface area contributed by atoms with E-state index in [0.29, 0.717) is 31.2 Å². The Morgan fingerprint density at radius 3 is 2.43 bits per heavy atom. The van der Waals surface area contributed by atoms with Gasteiger partial charge < -0.3 is 14.2 Å². The van der Waals surface area contributed by atoms with Crippen molar-refractivity contribution < 1.29 is 17.6 Å². The molecule has 0 radical (unpaired) electrons. The van der Waals surface area contributed by atoms with E-state index in [0.717, 1.165) is 11.8 Å². The zero-order valence-corrected chi connectivity index (χ0v) is 15.3. The third-order valence-corrected chi connectivity index (χ3v) is 4.82. The first kappa shape index (κ1) is 18.5. The van der Waals surface area contributed by atoms with Crippen LogP contribution in [0.25, 0.3) is 11.5 Å². The Bertz CT molecular complexity index is 956. The molecule has 0 amide bonds. The highest BCUT2D eigenvalue weighted by Crippen LogP contribution is 2.37. The van der Waals surface area contributed by atoms with Crippen LogP contribution in [0.3, 0.4) is 0 Å². The molecule has 3 aromatic rings. The van der Waals surface area contributed by atoms with Crippen LogP contribution in [0.4, 0.5) is 24.7 Å². The molecule has 1 aliphatic rings. The average molecular weight is 410 g/mol. The van der Waals surface area contributed by atoms with Gasteiger partial charge in [0.25, 0.3) is 0 Å². The van der Waals surface area contributed by atoms with E-state index in [1.165, 1.54) is 6.26 Å². The van der Waals surface area contributed by atoms with Crippen molar-refractivity contribution in [2.24, 2.45) is 0 Å². The summed E-state index contributed by atoms with van der Waals surface area (Å²) in [6, 6.07) is 5.90. The van der Waals surface area contributed by atoms with Crippen LogP contribution in [0.5, 0.6) is 0 Å². The van der Waals surface area contributed by atoms with Crippen molar-refractivity contribution in [2.75, 3.05) is 36.0 Å². The minimum Gasteiger partial charge on any atom is -0.463 e. The van der Waals surface area contributed by atoms with Gasteiger partial charge in [-0.25, -0.2) is 0 Å². The van der Waals surface area contributed by atoms with Crippen molar-refractivity contribution in [3.8, 4) is 11.5 Å². The van der Waals surface area contributed by atoms with E-state index in [4.69, 9.17) is 16.0 Å². The van der Waals surface area contributed by atoms with E-state index in [-0.39, 0.29) is 17.3 Å². The van der Waals surface area contributed by atoms with Gasteiger partial charge in [-0.05, 0) is 24.3 Å². The number of hydrogen-bond acceptors (Lipinski definition) is 6. The van der Waals surface area contributed by atoms with Gasteiger partial charge in [0.05, 0.1) is 17.0 Å². The molecule has 1 saturated heterocycles. The standard InChI is InChI=1S/C18H15ClF3N5O/c19-13-11-23-4-3-15(13)26-5-7-27(8-6-26)17-12(18(20,21)22)10-14(24-25-17)16-2-1-9-28-16/h1-4,9-11H,5-8H2. The maximum absolute atomic E-state index is 13.7. The molecule has 28 heavy (non-hydrogen) atoms. The molecule has 10 heteroatoms. The van der Waals surface area contributed by atoms with E-state index in [1.807, 2.05) is 4.90 Å². The summed E-state index contributed by atoms with van der Waals surface area (Å²) >= 11 is 6.16. The Hall–Kier alpha value is -2.81. The van der Waals surface area contributed by atoms with E-state index in [2.05, 4.69) is 15.2 Å². The summed E-state index contributed by atoms with van der Waals surface area (Å²) < 4.78 is 46.1. The van der Waals surface area contributed by atoms with Gasteiger partial charge in [-0.2, -0.15) is 13.2 Å².